The largest absolute Gasteiger partial charge is 0.480 e. The highest BCUT2D eigenvalue weighted by molar-refractivity contribution is 7.85. The van der Waals surface area contributed by atoms with Gasteiger partial charge in [0.25, 0.3) is 5.91 Å². The van der Waals surface area contributed by atoms with Gasteiger partial charge in [0.15, 0.2) is 0 Å². The molecular formula is C17H16FNO4S. The second-order valence-corrected chi connectivity index (χ2v) is 6.60. The lowest BCUT2D eigenvalue weighted by molar-refractivity contribution is -0.139. The van der Waals surface area contributed by atoms with Crippen molar-refractivity contribution in [3.8, 4) is 0 Å². The summed E-state index contributed by atoms with van der Waals surface area (Å²) in [5.74, 6) is -2.42. The van der Waals surface area contributed by atoms with Crippen LogP contribution in [0.2, 0.25) is 0 Å². The van der Waals surface area contributed by atoms with E-state index in [-0.39, 0.29) is 17.7 Å². The summed E-state index contributed by atoms with van der Waals surface area (Å²) in [5, 5.41) is 11.5. The molecule has 1 amide bonds. The summed E-state index contributed by atoms with van der Waals surface area (Å²) in [5.41, 5.74) is 0.0328. The number of rotatable bonds is 7. The molecule has 0 heterocycles. The Hall–Kier alpha value is -2.54. The molecule has 0 fully saturated rings. The van der Waals surface area contributed by atoms with Crippen LogP contribution in [-0.4, -0.2) is 33.0 Å². The number of aliphatic carboxylic acids is 1. The van der Waals surface area contributed by atoms with Crippen LogP contribution in [-0.2, 0) is 15.6 Å². The van der Waals surface area contributed by atoms with Crippen LogP contribution in [0.1, 0.15) is 16.8 Å². The SMILES string of the molecule is O=C(N[C@H](CC[S@@](=O)c1ccccc1)C(=O)O)c1cccc(F)c1. The number of benzene rings is 2. The zero-order valence-corrected chi connectivity index (χ0v) is 13.5. The van der Waals surface area contributed by atoms with Crippen LogP contribution >= 0.6 is 0 Å². The van der Waals surface area contributed by atoms with E-state index in [0.29, 0.717) is 4.90 Å². The summed E-state index contributed by atoms with van der Waals surface area (Å²) in [4.78, 5) is 23.9. The molecule has 0 aromatic heterocycles. The van der Waals surface area contributed by atoms with Crippen molar-refractivity contribution in [2.45, 2.75) is 17.4 Å². The highest BCUT2D eigenvalue weighted by Gasteiger charge is 2.21. The van der Waals surface area contributed by atoms with E-state index in [1.54, 1.807) is 30.3 Å². The highest BCUT2D eigenvalue weighted by atomic mass is 32.2. The molecule has 0 aliphatic carbocycles. The van der Waals surface area contributed by atoms with Crippen molar-refractivity contribution in [1.82, 2.24) is 5.32 Å². The van der Waals surface area contributed by atoms with Crippen LogP contribution in [0.3, 0.4) is 0 Å². The Morgan fingerprint density at radius 3 is 2.46 bits per heavy atom. The molecule has 24 heavy (non-hydrogen) atoms. The molecule has 0 radical (unpaired) electrons. The van der Waals surface area contributed by atoms with Crippen LogP contribution in [0.15, 0.2) is 59.5 Å². The average Bonchev–Trinajstić information content (AvgIpc) is 2.58. The maximum atomic E-state index is 13.1. The predicted molar refractivity (Wildman–Crippen MR) is 87.6 cm³/mol. The van der Waals surface area contributed by atoms with Gasteiger partial charge in [-0.05, 0) is 36.8 Å². The van der Waals surface area contributed by atoms with Crippen molar-refractivity contribution in [2.24, 2.45) is 0 Å². The topological polar surface area (TPSA) is 83.5 Å². The molecule has 2 aromatic carbocycles. The molecule has 0 spiro atoms. The molecule has 0 unspecified atom stereocenters. The summed E-state index contributed by atoms with van der Waals surface area (Å²) >= 11 is 0. The number of carbonyl (C=O) groups excluding carboxylic acids is 1. The van der Waals surface area contributed by atoms with E-state index in [9.17, 15) is 23.3 Å². The average molecular weight is 349 g/mol. The molecule has 0 aliphatic heterocycles. The molecule has 5 nitrogen and oxygen atoms in total. The number of hydrogen-bond donors (Lipinski definition) is 2. The van der Waals surface area contributed by atoms with Crippen molar-refractivity contribution < 1.29 is 23.3 Å². The Balaban J connectivity index is 1.98. The fourth-order valence-electron chi connectivity index (χ4n) is 2.04. The van der Waals surface area contributed by atoms with E-state index < -0.39 is 34.5 Å². The van der Waals surface area contributed by atoms with Gasteiger partial charge < -0.3 is 10.4 Å². The Morgan fingerprint density at radius 1 is 1.12 bits per heavy atom. The molecule has 0 saturated carbocycles. The maximum Gasteiger partial charge on any atom is 0.326 e. The Kier molecular flexibility index (Phi) is 6.20. The third kappa shape index (κ3) is 4.99. The number of nitrogens with one attached hydrogen (secondary N) is 1. The maximum absolute atomic E-state index is 13.1. The van der Waals surface area contributed by atoms with Crippen molar-refractivity contribution in [3.05, 3.63) is 66.0 Å². The lowest BCUT2D eigenvalue weighted by atomic mass is 10.1. The lowest BCUT2D eigenvalue weighted by Crippen LogP contribution is -2.41. The quantitative estimate of drug-likeness (QED) is 0.803. The minimum Gasteiger partial charge on any atom is -0.480 e. The van der Waals surface area contributed by atoms with Crippen LogP contribution in [0.5, 0.6) is 0 Å². The summed E-state index contributed by atoms with van der Waals surface area (Å²) < 4.78 is 25.3. The Morgan fingerprint density at radius 2 is 1.83 bits per heavy atom. The van der Waals surface area contributed by atoms with Crippen LogP contribution in [0.4, 0.5) is 4.39 Å². The normalized spacial score (nSPS) is 13.0. The van der Waals surface area contributed by atoms with Crippen LogP contribution in [0.25, 0.3) is 0 Å². The molecular weight excluding hydrogens is 333 g/mol. The van der Waals surface area contributed by atoms with Crippen molar-refractivity contribution in [3.63, 3.8) is 0 Å². The van der Waals surface area contributed by atoms with Gasteiger partial charge in [-0.25, -0.2) is 9.18 Å². The van der Waals surface area contributed by atoms with E-state index in [1.165, 1.54) is 18.2 Å². The van der Waals surface area contributed by atoms with Crippen molar-refractivity contribution >= 4 is 22.7 Å². The molecule has 7 heteroatoms. The second kappa shape index (κ2) is 8.35. The molecule has 126 valence electrons. The summed E-state index contributed by atoms with van der Waals surface area (Å²) in [6.07, 6.45) is -0.00209. The Labute approximate surface area is 141 Å². The first-order chi connectivity index (χ1) is 11.5. The van der Waals surface area contributed by atoms with Gasteiger partial charge >= 0.3 is 5.97 Å². The lowest BCUT2D eigenvalue weighted by Gasteiger charge is -2.14. The minimum atomic E-state index is -1.36. The molecule has 2 atom stereocenters. The number of carboxylic acid groups (broad SMARTS) is 1. The fraction of sp³-hybridized carbons (Fsp3) is 0.176. The fourth-order valence-corrected chi connectivity index (χ4v) is 3.19. The Bertz CT molecular complexity index is 751. The predicted octanol–water partition coefficient (Wildman–Crippen LogP) is 2.21. The first kappa shape index (κ1) is 17.8. The first-order valence-corrected chi connectivity index (χ1v) is 8.52. The molecule has 2 rings (SSSR count). The van der Waals surface area contributed by atoms with E-state index in [4.69, 9.17) is 0 Å². The third-order valence-corrected chi connectivity index (χ3v) is 4.69. The molecule has 2 N–H and O–H groups in total. The van der Waals surface area contributed by atoms with Gasteiger partial charge in [-0.15, -0.1) is 0 Å². The van der Waals surface area contributed by atoms with Crippen molar-refractivity contribution in [1.29, 1.82) is 0 Å². The van der Waals surface area contributed by atoms with Crippen molar-refractivity contribution in [2.75, 3.05) is 5.75 Å². The number of hydrogen-bond acceptors (Lipinski definition) is 3. The van der Waals surface area contributed by atoms with Crippen LogP contribution < -0.4 is 5.32 Å². The third-order valence-electron chi connectivity index (χ3n) is 3.29. The van der Waals surface area contributed by atoms with E-state index in [0.717, 1.165) is 6.07 Å². The van der Waals surface area contributed by atoms with Gasteiger partial charge in [-0.2, -0.15) is 0 Å². The van der Waals surface area contributed by atoms with Gasteiger partial charge in [0.2, 0.25) is 0 Å². The number of amides is 1. The first-order valence-electron chi connectivity index (χ1n) is 7.20. The monoisotopic (exact) mass is 349 g/mol. The van der Waals surface area contributed by atoms with E-state index in [1.807, 2.05) is 0 Å². The van der Waals surface area contributed by atoms with Crippen LogP contribution in [0, 0.1) is 5.82 Å². The molecule has 0 aliphatic rings. The zero-order valence-electron chi connectivity index (χ0n) is 12.6. The van der Waals surface area contributed by atoms with E-state index >= 15 is 0 Å². The standard InChI is InChI=1S/C17H16FNO4S/c18-13-6-4-5-12(11-13)16(20)19-15(17(21)22)9-10-24(23)14-7-2-1-3-8-14/h1-8,11,15H,9-10H2,(H,19,20)(H,21,22)/t15-,24-/m1/s1. The minimum absolute atomic E-state index is 0.00209. The number of halogens is 1. The summed E-state index contributed by atoms with van der Waals surface area (Å²) in [6, 6.07) is 12.4. The van der Waals surface area contributed by atoms with Gasteiger partial charge in [-0.1, -0.05) is 24.3 Å². The van der Waals surface area contributed by atoms with E-state index in [2.05, 4.69) is 5.32 Å². The van der Waals surface area contributed by atoms with Gasteiger partial charge in [0.05, 0.1) is 10.8 Å². The van der Waals surface area contributed by atoms with Gasteiger partial charge in [0.1, 0.15) is 11.9 Å². The zero-order chi connectivity index (χ0) is 17.5. The molecule has 2 aromatic rings. The second-order valence-electron chi connectivity index (χ2n) is 5.03. The number of carboxylic acids is 1. The number of carbonyl (C=O) groups is 2. The highest BCUT2D eigenvalue weighted by Crippen LogP contribution is 2.09. The van der Waals surface area contributed by atoms with Gasteiger partial charge in [-0.3, -0.25) is 9.00 Å². The summed E-state index contributed by atoms with van der Waals surface area (Å²) in [6.45, 7) is 0. The summed E-state index contributed by atoms with van der Waals surface area (Å²) in [7, 11) is -1.36. The molecule has 0 saturated heterocycles. The van der Waals surface area contributed by atoms with Gasteiger partial charge in [0, 0.05) is 16.2 Å². The smallest absolute Gasteiger partial charge is 0.326 e. The molecule has 0 bridgehead atoms.